The summed E-state index contributed by atoms with van der Waals surface area (Å²) in [6.07, 6.45) is 1.63. The molecular formula is C13H12Br2N2O2S. The highest BCUT2D eigenvalue weighted by Gasteiger charge is 2.34. The van der Waals surface area contributed by atoms with Gasteiger partial charge in [-0.2, -0.15) is 0 Å². The number of phenolic OH excluding ortho intramolecular Hbond substituents is 1. The van der Waals surface area contributed by atoms with Gasteiger partial charge in [0.25, 0.3) is 5.91 Å². The van der Waals surface area contributed by atoms with Gasteiger partial charge in [-0.15, -0.1) is 0 Å². The van der Waals surface area contributed by atoms with Gasteiger partial charge in [-0.1, -0.05) is 15.9 Å². The van der Waals surface area contributed by atoms with Crippen LogP contribution in [0.25, 0.3) is 6.08 Å². The van der Waals surface area contributed by atoms with Crippen LogP contribution in [0.15, 0.2) is 26.8 Å². The van der Waals surface area contributed by atoms with Gasteiger partial charge in [-0.3, -0.25) is 9.69 Å². The average molecular weight is 420 g/mol. The van der Waals surface area contributed by atoms with E-state index in [0.29, 0.717) is 27.4 Å². The summed E-state index contributed by atoms with van der Waals surface area (Å²) in [5, 5.41) is 10.5. The number of benzene rings is 1. The molecule has 0 saturated carbocycles. The molecule has 1 aromatic rings. The molecule has 1 aliphatic heterocycles. The largest absolute Gasteiger partial charge is 0.506 e. The number of carbonyl (C=O) groups excluding carboxylic acids is 1. The normalized spacial score (nSPS) is 17.5. The van der Waals surface area contributed by atoms with Crippen LogP contribution in [0.4, 0.5) is 0 Å². The van der Waals surface area contributed by atoms with Crippen molar-refractivity contribution >= 4 is 61.2 Å². The zero-order valence-corrected chi connectivity index (χ0v) is 14.8. The number of thiocarbonyl (C=S) groups is 1. The Balaban J connectivity index is 2.51. The molecule has 1 aliphatic rings. The number of phenols is 1. The Morgan fingerprint density at radius 1 is 1.40 bits per heavy atom. The lowest BCUT2D eigenvalue weighted by molar-refractivity contribution is -0.122. The van der Waals surface area contributed by atoms with Crippen molar-refractivity contribution in [1.29, 1.82) is 0 Å². The first kappa shape index (κ1) is 15.5. The van der Waals surface area contributed by atoms with E-state index >= 15 is 0 Å². The first-order valence-corrected chi connectivity index (χ1v) is 7.85. The quantitative estimate of drug-likeness (QED) is 0.589. The lowest BCUT2D eigenvalue weighted by atomic mass is 10.1. The van der Waals surface area contributed by atoms with Crippen LogP contribution in [0.1, 0.15) is 12.5 Å². The van der Waals surface area contributed by atoms with Crippen molar-refractivity contribution in [2.45, 2.75) is 6.92 Å². The van der Waals surface area contributed by atoms with Crippen molar-refractivity contribution in [2.75, 3.05) is 13.6 Å². The first-order chi connectivity index (χ1) is 9.36. The van der Waals surface area contributed by atoms with E-state index in [4.69, 9.17) is 12.2 Å². The number of rotatable bonds is 2. The molecule has 1 saturated heterocycles. The molecule has 0 aliphatic carbocycles. The van der Waals surface area contributed by atoms with Crippen LogP contribution >= 0.6 is 44.1 Å². The smallest absolute Gasteiger partial charge is 0.276 e. The molecule has 4 nitrogen and oxygen atoms in total. The molecule has 106 valence electrons. The summed E-state index contributed by atoms with van der Waals surface area (Å²) in [7, 11) is 1.74. The molecule has 0 spiro atoms. The molecule has 1 amide bonds. The van der Waals surface area contributed by atoms with E-state index < -0.39 is 0 Å². The highest BCUT2D eigenvalue weighted by atomic mass is 79.9. The average Bonchev–Trinajstić information content (AvgIpc) is 2.59. The fourth-order valence-electron chi connectivity index (χ4n) is 1.93. The number of nitrogens with zero attached hydrogens (tertiary/aromatic N) is 2. The number of hydrogen-bond donors (Lipinski definition) is 1. The molecule has 7 heteroatoms. The molecule has 20 heavy (non-hydrogen) atoms. The third-order valence-electron chi connectivity index (χ3n) is 3.01. The Bertz CT molecular complexity index is 631. The van der Waals surface area contributed by atoms with E-state index in [1.165, 1.54) is 4.90 Å². The maximum Gasteiger partial charge on any atom is 0.276 e. The predicted octanol–water partition coefficient (Wildman–Crippen LogP) is 3.34. The summed E-state index contributed by atoms with van der Waals surface area (Å²) in [6, 6.07) is 3.48. The molecule has 1 aromatic carbocycles. The van der Waals surface area contributed by atoms with E-state index in [0.717, 1.165) is 4.47 Å². The van der Waals surface area contributed by atoms with Gasteiger partial charge in [0, 0.05) is 23.6 Å². The van der Waals surface area contributed by atoms with Gasteiger partial charge in [0.05, 0.1) is 4.47 Å². The SMILES string of the molecule is CCN1C(=O)/C(=C/c2cc(Br)cc(Br)c2O)N(C)C1=S. The minimum absolute atomic E-state index is 0.0859. The Morgan fingerprint density at radius 3 is 2.60 bits per heavy atom. The second-order valence-electron chi connectivity index (χ2n) is 4.25. The standard InChI is InChI=1S/C13H12Br2N2O2S/c1-3-17-12(19)10(16(2)13(17)20)5-7-4-8(14)6-9(15)11(7)18/h4-6,18H,3H2,1-2H3/b10-5-. The second kappa shape index (κ2) is 5.83. The highest BCUT2D eigenvalue weighted by Crippen LogP contribution is 2.34. The molecule has 0 unspecified atom stereocenters. The van der Waals surface area contributed by atoms with Crippen LogP contribution in [0.3, 0.4) is 0 Å². The molecule has 1 heterocycles. The van der Waals surface area contributed by atoms with E-state index in [-0.39, 0.29) is 11.7 Å². The first-order valence-electron chi connectivity index (χ1n) is 5.86. The number of amides is 1. The minimum Gasteiger partial charge on any atom is -0.506 e. The minimum atomic E-state index is -0.157. The molecular weight excluding hydrogens is 408 g/mol. The number of carbonyl (C=O) groups is 1. The summed E-state index contributed by atoms with van der Waals surface area (Å²) in [5.41, 5.74) is 0.986. The van der Waals surface area contributed by atoms with Gasteiger partial charge in [-0.25, -0.2) is 0 Å². The van der Waals surface area contributed by atoms with Crippen molar-refractivity contribution in [3.63, 3.8) is 0 Å². The summed E-state index contributed by atoms with van der Waals surface area (Å²) in [5.74, 6) is -0.0711. The molecule has 0 bridgehead atoms. The Morgan fingerprint density at radius 2 is 2.05 bits per heavy atom. The molecule has 2 rings (SSSR count). The summed E-state index contributed by atoms with van der Waals surface area (Å²) < 4.78 is 1.36. The van der Waals surface area contributed by atoms with Crippen LogP contribution in [-0.2, 0) is 4.79 Å². The number of aromatic hydroxyl groups is 1. The van der Waals surface area contributed by atoms with Crippen LogP contribution in [0.2, 0.25) is 0 Å². The summed E-state index contributed by atoms with van der Waals surface area (Å²) in [6.45, 7) is 2.39. The van der Waals surface area contributed by atoms with Gasteiger partial charge < -0.3 is 10.0 Å². The third kappa shape index (κ3) is 2.62. The highest BCUT2D eigenvalue weighted by molar-refractivity contribution is 9.11. The predicted molar refractivity (Wildman–Crippen MR) is 89.2 cm³/mol. The van der Waals surface area contributed by atoms with Crippen molar-refractivity contribution in [3.8, 4) is 5.75 Å². The molecule has 0 aromatic heterocycles. The molecule has 0 atom stereocenters. The van der Waals surface area contributed by atoms with Crippen molar-refractivity contribution in [1.82, 2.24) is 9.80 Å². The molecule has 1 N–H and O–H groups in total. The lowest BCUT2D eigenvalue weighted by Crippen LogP contribution is -2.30. The van der Waals surface area contributed by atoms with E-state index in [9.17, 15) is 9.90 Å². The van der Waals surface area contributed by atoms with Gasteiger partial charge in [0.2, 0.25) is 0 Å². The fourth-order valence-corrected chi connectivity index (χ4v) is 3.50. The second-order valence-corrected chi connectivity index (χ2v) is 6.38. The molecule has 0 radical (unpaired) electrons. The van der Waals surface area contributed by atoms with E-state index in [1.807, 2.05) is 6.92 Å². The van der Waals surface area contributed by atoms with E-state index in [1.54, 1.807) is 30.2 Å². The number of hydrogen-bond acceptors (Lipinski definition) is 3. The van der Waals surface area contributed by atoms with E-state index in [2.05, 4.69) is 31.9 Å². The molecule has 1 fully saturated rings. The lowest BCUT2D eigenvalue weighted by Gasteiger charge is -2.13. The van der Waals surface area contributed by atoms with Crippen molar-refractivity contribution < 1.29 is 9.90 Å². The van der Waals surface area contributed by atoms with Crippen LogP contribution in [-0.4, -0.2) is 39.5 Å². The Labute approximate surface area is 139 Å². The monoisotopic (exact) mass is 418 g/mol. The van der Waals surface area contributed by atoms with Gasteiger partial charge >= 0.3 is 0 Å². The fraction of sp³-hybridized carbons (Fsp3) is 0.231. The number of likely N-dealkylation sites (N-methyl/N-ethyl adjacent to an activating group) is 2. The van der Waals surface area contributed by atoms with Gasteiger partial charge in [0.1, 0.15) is 11.4 Å². The Kier molecular flexibility index (Phi) is 4.51. The topological polar surface area (TPSA) is 43.8 Å². The van der Waals surface area contributed by atoms with Crippen LogP contribution in [0, 0.1) is 0 Å². The summed E-state index contributed by atoms with van der Waals surface area (Å²) >= 11 is 11.9. The van der Waals surface area contributed by atoms with Crippen molar-refractivity contribution in [2.24, 2.45) is 0 Å². The summed E-state index contributed by atoms with van der Waals surface area (Å²) in [4.78, 5) is 15.4. The zero-order valence-electron chi connectivity index (χ0n) is 10.9. The maximum atomic E-state index is 12.3. The number of halogens is 2. The zero-order chi connectivity index (χ0) is 15.0. The van der Waals surface area contributed by atoms with Crippen LogP contribution in [0.5, 0.6) is 5.75 Å². The maximum absolute atomic E-state index is 12.3. The van der Waals surface area contributed by atoms with Crippen LogP contribution < -0.4 is 0 Å². The third-order valence-corrected chi connectivity index (χ3v) is 4.57. The van der Waals surface area contributed by atoms with Crippen molar-refractivity contribution in [3.05, 3.63) is 32.3 Å². The Hall–Kier alpha value is -0.920. The van der Waals surface area contributed by atoms with Gasteiger partial charge in [-0.05, 0) is 53.3 Å². The van der Waals surface area contributed by atoms with Gasteiger partial charge in [0.15, 0.2) is 5.11 Å².